The molecule has 2 fully saturated rings. The van der Waals surface area contributed by atoms with Gasteiger partial charge in [-0.15, -0.1) is 0 Å². The van der Waals surface area contributed by atoms with E-state index in [4.69, 9.17) is 11.6 Å². The maximum absolute atomic E-state index is 11.3. The van der Waals surface area contributed by atoms with Gasteiger partial charge in [-0.25, -0.2) is 14.9 Å². The van der Waals surface area contributed by atoms with Crippen molar-refractivity contribution in [2.24, 2.45) is 5.41 Å². The summed E-state index contributed by atoms with van der Waals surface area (Å²) in [5, 5.41) is 4.82. The molecule has 10 heteroatoms. The fourth-order valence-corrected chi connectivity index (χ4v) is 5.13. The van der Waals surface area contributed by atoms with Gasteiger partial charge in [0.05, 0.1) is 0 Å². The molecule has 1 atom stereocenters. The fraction of sp³-hybridized carbons (Fsp3) is 0.647. The minimum atomic E-state index is -2.23. The second-order valence-corrected chi connectivity index (χ2v) is 9.02. The lowest BCUT2D eigenvalue weighted by Crippen LogP contribution is -2.68. The first-order valence-electron chi connectivity index (χ1n) is 9.29. The summed E-state index contributed by atoms with van der Waals surface area (Å²) in [6, 6.07) is 2.12. The molecule has 148 valence electrons. The Bertz CT molecular complexity index is 860. The van der Waals surface area contributed by atoms with Crippen LogP contribution >= 0.6 is 11.6 Å². The largest absolute Gasteiger partial charge is 0.759 e. The molecule has 2 aliphatic rings. The number of rotatable bonds is 7. The molecule has 2 aromatic heterocycles. The van der Waals surface area contributed by atoms with Crippen LogP contribution in [0.15, 0.2) is 12.4 Å². The zero-order chi connectivity index (χ0) is 19.2. The van der Waals surface area contributed by atoms with E-state index in [1.807, 2.05) is 13.0 Å². The molecule has 0 amide bonds. The van der Waals surface area contributed by atoms with Gasteiger partial charge in [-0.3, -0.25) is 4.21 Å². The third kappa shape index (κ3) is 3.47. The molecule has 8 nitrogen and oxygen atoms in total. The summed E-state index contributed by atoms with van der Waals surface area (Å²) in [5.41, 5.74) is 5.44. The molecule has 27 heavy (non-hydrogen) atoms. The van der Waals surface area contributed by atoms with Crippen LogP contribution in [-0.4, -0.2) is 53.5 Å². The normalized spacial score (nSPS) is 20.3. The number of unbranched alkanes of at least 4 members (excludes halogenated alkanes) is 1. The monoisotopic (exact) mass is 411 g/mol. The average molecular weight is 412 g/mol. The number of hydrogen-bond acceptors (Lipinski definition) is 6. The Kier molecular flexibility index (Phi) is 5.15. The number of hydrogen-bond donors (Lipinski definition) is 1. The predicted molar refractivity (Wildman–Crippen MR) is 104 cm³/mol. The summed E-state index contributed by atoms with van der Waals surface area (Å²) in [6.07, 6.45) is 5.32. The smallest absolute Gasteiger partial charge is 0.156 e. The third-order valence-electron chi connectivity index (χ3n) is 5.61. The Morgan fingerprint density at radius 3 is 2.89 bits per heavy atom. The van der Waals surface area contributed by atoms with Gasteiger partial charge in [-0.2, -0.15) is 9.51 Å². The molecule has 1 spiro atoms. The summed E-state index contributed by atoms with van der Waals surface area (Å²) < 4.78 is 25.8. The van der Waals surface area contributed by atoms with Crippen LogP contribution in [0.3, 0.4) is 0 Å². The number of aromatic nitrogens is 3. The maximum atomic E-state index is 11.3. The fourth-order valence-electron chi connectivity index (χ4n) is 4.33. The summed E-state index contributed by atoms with van der Waals surface area (Å²) in [5.74, 6) is 0.918. The van der Waals surface area contributed by atoms with Gasteiger partial charge in [0.1, 0.15) is 17.0 Å². The Balaban J connectivity index is 1.37. The number of aryl methyl sites for hydroxylation is 1. The zero-order valence-corrected chi connectivity index (χ0v) is 17.1. The summed E-state index contributed by atoms with van der Waals surface area (Å²) in [7, 11) is 0. The van der Waals surface area contributed by atoms with Crippen molar-refractivity contribution < 1.29 is 8.76 Å². The van der Waals surface area contributed by atoms with Gasteiger partial charge in [0.15, 0.2) is 5.82 Å². The van der Waals surface area contributed by atoms with E-state index in [0.29, 0.717) is 11.7 Å². The molecule has 3 heterocycles. The molecule has 1 aliphatic heterocycles. The first-order chi connectivity index (χ1) is 12.9. The highest BCUT2D eigenvalue weighted by Crippen LogP contribution is 2.50. The zero-order valence-electron chi connectivity index (χ0n) is 15.5. The number of nitrogens with zero attached hydrogens (tertiary/aromatic N) is 5. The van der Waals surface area contributed by atoms with E-state index in [9.17, 15) is 8.76 Å². The lowest BCUT2D eigenvalue weighted by Gasteiger charge is -2.60. The molecule has 0 bridgehead atoms. The first kappa shape index (κ1) is 19.1. The van der Waals surface area contributed by atoms with Crippen LogP contribution in [0.2, 0.25) is 5.15 Å². The molecule has 1 unspecified atom stereocenters. The van der Waals surface area contributed by atoms with Crippen molar-refractivity contribution in [3.05, 3.63) is 23.1 Å². The van der Waals surface area contributed by atoms with E-state index < -0.39 is 11.3 Å². The third-order valence-corrected chi connectivity index (χ3v) is 6.53. The lowest BCUT2D eigenvalue weighted by atomic mass is 9.61. The van der Waals surface area contributed by atoms with Gasteiger partial charge >= 0.3 is 0 Å². The van der Waals surface area contributed by atoms with Gasteiger partial charge in [-0.1, -0.05) is 24.9 Å². The summed E-state index contributed by atoms with van der Waals surface area (Å²) in [6.45, 7) is 6.44. The molecule has 1 aliphatic carbocycles. The Labute approximate surface area is 166 Å². The first-order valence-corrected chi connectivity index (χ1v) is 10.7. The quantitative estimate of drug-likeness (QED) is 0.554. The molecule has 2 aromatic rings. The molecule has 1 N–H and O–H groups in total. The van der Waals surface area contributed by atoms with E-state index in [1.165, 1.54) is 4.41 Å². The summed E-state index contributed by atoms with van der Waals surface area (Å²) >= 11 is 4.01. The number of anilines is 1. The van der Waals surface area contributed by atoms with E-state index in [2.05, 4.69) is 27.3 Å². The molecular weight excluding hydrogens is 388 g/mol. The van der Waals surface area contributed by atoms with Crippen LogP contribution in [0.4, 0.5) is 5.82 Å². The van der Waals surface area contributed by atoms with E-state index in [-0.39, 0.29) is 11.5 Å². The highest BCUT2D eigenvalue weighted by atomic mass is 35.5. The van der Waals surface area contributed by atoms with Crippen molar-refractivity contribution in [2.75, 3.05) is 24.5 Å². The standard InChI is InChI=1S/C17H25ClN6O2S/c1-3-4-5-23(27(25)26)21-13-7-17(8-13)9-22(10-17)16-15-12(2)6-14(18)24(15)20-11-19-16/h6,11,13,21H,3-5,7-10H2,1-2H3,(H,25,26)/p-1. The van der Waals surface area contributed by atoms with Gasteiger partial charge in [-0.05, 0) is 37.8 Å². The van der Waals surface area contributed by atoms with Gasteiger partial charge in [0, 0.05) is 42.4 Å². The second-order valence-electron chi connectivity index (χ2n) is 7.76. The molecule has 1 saturated carbocycles. The van der Waals surface area contributed by atoms with Gasteiger partial charge < -0.3 is 9.45 Å². The van der Waals surface area contributed by atoms with Crippen molar-refractivity contribution in [1.29, 1.82) is 0 Å². The molecular formula is C17H24ClN6O2S-. The number of halogens is 1. The van der Waals surface area contributed by atoms with Crippen LogP contribution < -0.4 is 10.3 Å². The van der Waals surface area contributed by atoms with Crippen LogP contribution in [0, 0.1) is 12.3 Å². The molecule has 4 rings (SSSR count). The van der Waals surface area contributed by atoms with Crippen LogP contribution in [0.25, 0.3) is 5.52 Å². The minimum absolute atomic E-state index is 0.219. The Morgan fingerprint density at radius 2 is 2.22 bits per heavy atom. The van der Waals surface area contributed by atoms with E-state index in [1.54, 1.807) is 10.8 Å². The molecule has 0 radical (unpaired) electrons. The SMILES string of the molecule is CCCCN(NC1CC2(C1)CN(c1ncnn3c(Cl)cc(C)c13)C2)S(=O)[O-]. The summed E-state index contributed by atoms with van der Waals surface area (Å²) in [4.78, 5) is 6.74. The Hall–Kier alpha value is -1.26. The van der Waals surface area contributed by atoms with Crippen molar-refractivity contribution >= 4 is 34.2 Å². The second kappa shape index (κ2) is 7.29. The highest BCUT2D eigenvalue weighted by molar-refractivity contribution is 7.76. The van der Waals surface area contributed by atoms with E-state index >= 15 is 0 Å². The van der Waals surface area contributed by atoms with Crippen molar-refractivity contribution in [3.63, 3.8) is 0 Å². The maximum Gasteiger partial charge on any atom is 0.156 e. The topological polar surface area (TPSA) is 88.8 Å². The van der Waals surface area contributed by atoms with Crippen molar-refractivity contribution in [2.45, 2.75) is 45.6 Å². The van der Waals surface area contributed by atoms with Crippen molar-refractivity contribution in [1.82, 2.24) is 24.4 Å². The average Bonchev–Trinajstić information content (AvgIpc) is 2.86. The lowest BCUT2D eigenvalue weighted by molar-refractivity contribution is 0.0234. The predicted octanol–water partition coefficient (Wildman–Crippen LogP) is 2.06. The van der Waals surface area contributed by atoms with Gasteiger partial charge in [0.2, 0.25) is 0 Å². The van der Waals surface area contributed by atoms with Gasteiger partial charge in [0.25, 0.3) is 0 Å². The minimum Gasteiger partial charge on any atom is -0.759 e. The number of hydrazine groups is 1. The van der Waals surface area contributed by atoms with Crippen LogP contribution in [0.5, 0.6) is 0 Å². The highest BCUT2D eigenvalue weighted by Gasteiger charge is 2.53. The van der Waals surface area contributed by atoms with Crippen molar-refractivity contribution in [3.8, 4) is 0 Å². The number of nitrogens with one attached hydrogen (secondary N) is 1. The van der Waals surface area contributed by atoms with Crippen LogP contribution in [0.1, 0.15) is 38.2 Å². The van der Waals surface area contributed by atoms with Crippen LogP contribution in [-0.2, 0) is 11.3 Å². The molecule has 0 aromatic carbocycles. The number of fused-ring (bicyclic) bond motifs is 1. The Morgan fingerprint density at radius 1 is 1.48 bits per heavy atom. The van der Waals surface area contributed by atoms with E-state index in [0.717, 1.165) is 55.7 Å². The molecule has 1 saturated heterocycles.